The average molecular weight is 360 g/mol. The molecule has 0 saturated heterocycles. The first-order valence-electron chi connectivity index (χ1n) is 8.78. The monoisotopic (exact) mass is 360 g/mol. The van der Waals surface area contributed by atoms with E-state index < -0.39 is 5.54 Å². The van der Waals surface area contributed by atoms with Gasteiger partial charge in [0.25, 0.3) is 5.91 Å². The zero-order valence-corrected chi connectivity index (χ0v) is 15.2. The van der Waals surface area contributed by atoms with Gasteiger partial charge in [0.05, 0.1) is 12.5 Å². The van der Waals surface area contributed by atoms with Gasteiger partial charge in [-0.15, -0.1) is 0 Å². The van der Waals surface area contributed by atoms with E-state index in [1.165, 1.54) is 4.90 Å². The standard InChI is InChI=1S/C21H20N4O2/c1-3-18-8-7-17(12-23-18)21(19(26)25(2)20(22)24-21)16-6-4-5-14(11-16)15-9-10-27-13-15/h4-13H,3H2,1-2H3,(H2,22,24). The van der Waals surface area contributed by atoms with Gasteiger partial charge in [-0.3, -0.25) is 14.7 Å². The minimum Gasteiger partial charge on any atom is -0.472 e. The van der Waals surface area contributed by atoms with Crippen LogP contribution in [-0.2, 0) is 16.8 Å². The molecule has 1 amide bonds. The lowest BCUT2D eigenvalue weighted by atomic mass is 9.82. The number of aryl methyl sites for hydroxylation is 1. The molecule has 1 aliphatic heterocycles. The molecular formula is C21H20N4O2. The van der Waals surface area contributed by atoms with Gasteiger partial charge in [-0.2, -0.15) is 0 Å². The molecule has 0 aliphatic carbocycles. The molecule has 0 fully saturated rings. The first kappa shape index (κ1) is 17.0. The molecule has 1 unspecified atom stereocenters. The fraction of sp³-hybridized carbons (Fsp3) is 0.190. The fourth-order valence-electron chi connectivity index (χ4n) is 3.38. The SMILES string of the molecule is CCc1ccc(C2(c3cccc(-c4ccoc4)c3)N=C(N)N(C)C2=O)cn1. The van der Waals surface area contributed by atoms with E-state index in [-0.39, 0.29) is 11.9 Å². The first-order chi connectivity index (χ1) is 13.1. The summed E-state index contributed by atoms with van der Waals surface area (Å²) in [6.45, 7) is 2.04. The number of aliphatic imine (C=N–C) groups is 1. The number of carbonyl (C=O) groups excluding carboxylic acids is 1. The summed E-state index contributed by atoms with van der Waals surface area (Å²) in [4.78, 5) is 23.7. The van der Waals surface area contributed by atoms with Crippen LogP contribution in [0.4, 0.5) is 0 Å². The quantitative estimate of drug-likeness (QED) is 0.775. The Bertz CT molecular complexity index is 1010. The van der Waals surface area contributed by atoms with Gasteiger partial charge in [0.2, 0.25) is 0 Å². The fourth-order valence-corrected chi connectivity index (χ4v) is 3.38. The number of carbonyl (C=O) groups is 1. The van der Waals surface area contributed by atoms with Crippen molar-refractivity contribution in [2.45, 2.75) is 18.9 Å². The number of rotatable bonds is 4. The molecule has 136 valence electrons. The molecule has 3 aromatic rings. The van der Waals surface area contributed by atoms with Crippen LogP contribution in [0.25, 0.3) is 11.1 Å². The molecule has 0 bridgehead atoms. The summed E-state index contributed by atoms with van der Waals surface area (Å²) >= 11 is 0. The highest BCUT2D eigenvalue weighted by Crippen LogP contribution is 2.40. The number of benzene rings is 1. The molecule has 3 heterocycles. The summed E-state index contributed by atoms with van der Waals surface area (Å²) in [7, 11) is 1.64. The van der Waals surface area contributed by atoms with Crippen molar-refractivity contribution in [2.24, 2.45) is 10.7 Å². The minimum absolute atomic E-state index is 0.188. The van der Waals surface area contributed by atoms with E-state index in [0.29, 0.717) is 5.56 Å². The van der Waals surface area contributed by atoms with Gasteiger partial charge in [0.15, 0.2) is 11.5 Å². The number of hydrogen-bond acceptors (Lipinski definition) is 5. The number of furan rings is 1. The van der Waals surface area contributed by atoms with Crippen LogP contribution in [0.15, 0.2) is 70.6 Å². The van der Waals surface area contributed by atoms with Gasteiger partial charge >= 0.3 is 0 Å². The first-order valence-corrected chi connectivity index (χ1v) is 8.78. The third-order valence-corrected chi connectivity index (χ3v) is 4.98. The van der Waals surface area contributed by atoms with Crippen LogP contribution in [-0.4, -0.2) is 28.8 Å². The topological polar surface area (TPSA) is 84.7 Å². The van der Waals surface area contributed by atoms with Crippen molar-refractivity contribution < 1.29 is 9.21 Å². The molecule has 0 radical (unpaired) electrons. The second-order valence-corrected chi connectivity index (χ2v) is 6.53. The second kappa shape index (κ2) is 6.39. The van der Waals surface area contributed by atoms with E-state index in [1.807, 2.05) is 49.4 Å². The smallest absolute Gasteiger partial charge is 0.266 e. The van der Waals surface area contributed by atoms with Crippen LogP contribution >= 0.6 is 0 Å². The number of pyridine rings is 1. The Labute approximate surface area is 157 Å². The van der Waals surface area contributed by atoms with Gasteiger partial charge in [-0.05, 0) is 35.7 Å². The Kier molecular flexibility index (Phi) is 4.03. The molecule has 1 atom stereocenters. The molecule has 4 rings (SSSR count). The number of nitrogens with zero attached hydrogens (tertiary/aromatic N) is 3. The number of guanidine groups is 1. The lowest BCUT2D eigenvalue weighted by Gasteiger charge is -2.26. The van der Waals surface area contributed by atoms with Crippen molar-refractivity contribution in [2.75, 3.05) is 7.05 Å². The van der Waals surface area contributed by atoms with E-state index in [2.05, 4.69) is 9.98 Å². The Morgan fingerprint density at radius 2 is 2.00 bits per heavy atom. The van der Waals surface area contributed by atoms with E-state index in [9.17, 15) is 4.79 Å². The van der Waals surface area contributed by atoms with Crippen molar-refractivity contribution in [3.63, 3.8) is 0 Å². The minimum atomic E-state index is -1.24. The number of hydrogen-bond donors (Lipinski definition) is 1. The highest BCUT2D eigenvalue weighted by Gasteiger charge is 2.49. The molecule has 27 heavy (non-hydrogen) atoms. The van der Waals surface area contributed by atoms with Crippen LogP contribution in [0.3, 0.4) is 0 Å². The lowest BCUT2D eigenvalue weighted by molar-refractivity contribution is -0.129. The van der Waals surface area contributed by atoms with Gasteiger partial charge in [0.1, 0.15) is 0 Å². The molecule has 0 spiro atoms. The molecule has 2 N–H and O–H groups in total. The lowest BCUT2D eigenvalue weighted by Crippen LogP contribution is -2.41. The maximum absolute atomic E-state index is 13.3. The summed E-state index contributed by atoms with van der Waals surface area (Å²) in [5.41, 5.74) is 9.05. The van der Waals surface area contributed by atoms with Crippen molar-refractivity contribution in [3.8, 4) is 11.1 Å². The number of nitrogens with two attached hydrogens (primary N) is 1. The summed E-state index contributed by atoms with van der Waals surface area (Å²) in [5, 5.41) is 0. The maximum atomic E-state index is 13.3. The van der Waals surface area contributed by atoms with Crippen molar-refractivity contribution in [1.82, 2.24) is 9.88 Å². The third kappa shape index (κ3) is 2.61. The Hall–Kier alpha value is -3.41. The van der Waals surface area contributed by atoms with E-state index in [4.69, 9.17) is 10.2 Å². The van der Waals surface area contributed by atoms with Crippen LogP contribution in [0, 0.1) is 0 Å². The van der Waals surface area contributed by atoms with Crippen LogP contribution in [0.5, 0.6) is 0 Å². The van der Waals surface area contributed by atoms with Gasteiger partial charge < -0.3 is 10.2 Å². The van der Waals surface area contributed by atoms with E-state index in [0.717, 1.165) is 28.8 Å². The highest BCUT2D eigenvalue weighted by molar-refractivity contribution is 6.09. The Balaban J connectivity index is 1.92. The predicted octanol–water partition coefficient (Wildman–Crippen LogP) is 2.93. The Morgan fingerprint density at radius 3 is 2.59 bits per heavy atom. The zero-order valence-electron chi connectivity index (χ0n) is 15.2. The van der Waals surface area contributed by atoms with Gasteiger partial charge in [-0.25, -0.2) is 4.99 Å². The molecule has 6 heteroatoms. The largest absolute Gasteiger partial charge is 0.472 e. The van der Waals surface area contributed by atoms with Crippen LogP contribution < -0.4 is 5.73 Å². The Morgan fingerprint density at radius 1 is 1.15 bits per heavy atom. The maximum Gasteiger partial charge on any atom is 0.266 e. The van der Waals surface area contributed by atoms with Crippen molar-refractivity contribution >= 4 is 11.9 Å². The zero-order chi connectivity index (χ0) is 19.0. The summed E-state index contributed by atoms with van der Waals surface area (Å²) in [5.74, 6) is -0.0105. The molecule has 2 aromatic heterocycles. The average Bonchev–Trinajstić information content (AvgIpc) is 3.32. The van der Waals surface area contributed by atoms with Crippen molar-refractivity contribution in [1.29, 1.82) is 0 Å². The number of likely N-dealkylation sites (N-methyl/N-ethyl adjacent to an activating group) is 1. The van der Waals surface area contributed by atoms with Crippen LogP contribution in [0.2, 0.25) is 0 Å². The normalized spacial score (nSPS) is 19.4. The molecular weight excluding hydrogens is 340 g/mol. The van der Waals surface area contributed by atoms with E-state index in [1.54, 1.807) is 25.8 Å². The molecule has 1 aliphatic rings. The van der Waals surface area contributed by atoms with Gasteiger partial charge in [-0.1, -0.05) is 31.2 Å². The highest BCUT2D eigenvalue weighted by atomic mass is 16.3. The summed E-state index contributed by atoms with van der Waals surface area (Å²) < 4.78 is 5.19. The predicted molar refractivity (Wildman–Crippen MR) is 103 cm³/mol. The number of amides is 1. The van der Waals surface area contributed by atoms with E-state index >= 15 is 0 Å². The van der Waals surface area contributed by atoms with Crippen molar-refractivity contribution in [3.05, 3.63) is 78.0 Å². The number of aromatic nitrogens is 1. The molecule has 0 saturated carbocycles. The summed E-state index contributed by atoms with van der Waals surface area (Å²) in [6, 6.07) is 13.4. The van der Waals surface area contributed by atoms with Gasteiger partial charge in [0, 0.05) is 30.1 Å². The molecule has 6 nitrogen and oxygen atoms in total. The summed E-state index contributed by atoms with van der Waals surface area (Å²) in [6.07, 6.45) is 5.83. The third-order valence-electron chi connectivity index (χ3n) is 4.98. The second-order valence-electron chi connectivity index (χ2n) is 6.53. The molecule has 1 aromatic carbocycles. The van der Waals surface area contributed by atoms with Crippen LogP contribution in [0.1, 0.15) is 23.7 Å².